The van der Waals surface area contributed by atoms with Crippen molar-refractivity contribution in [2.75, 3.05) is 20.7 Å². The fourth-order valence-corrected chi connectivity index (χ4v) is 5.26. The van der Waals surface area contributed by atoms with Gasteiger partial charge in [-0.25, -0.2) is 14.5 Å². The number of likely N-dealkylation sites (N-methyl/N-ethyl adjacent to an activating group) is 1. The van der Waals surface area contributed by atoms with E-state index in [2.05, 4.69) is 32.2 Å². The third-order valence-corrected chi connectivity index (χ3v) is 6.68. The van der Waals surface area contributed by atoms with Crippen molar-refractivity contribution in [2.24, 2.45) is 0 Å². The number of hydrogen-bond donors (Lipinski definition) is 1. The summed E-state index contributed by atoms with van der Waals surface area (Å²) in [5, 5.41) is 13.3. The Morgan fingerprint density at radius 2 is 2.17 bits per heavy atom. The lowest BCUT2D eigenvalue weighted by Crippen LogP contribution is -2.25. The van der Waals surface area contributed by atoms with E-state index in [4.69, 9.17) is 9.72 Å². The summed E-state index contributed by atoms with van der Waals surface area (Å²) in [6, 6.07) is 9.79. The highest BCUT2D eigenvalue weighted by molar-refractivity contribution is 7.19. The summed E-state index contributed by atoms with van der Waals surface area (Å²) in [5.41, 5.74) is 4.79. The molecule has 1 aliphatic heterocycles. The van der Waals surface area contributed by atoms with Crippen LogP contribution in [0.5, 0.6) is 5.75 Å². The first kappa shape index (κ1) is 17.5. The zero-order chi connectivity index (χ0) is 20.2. The van der Waals surface area contributed by atoms with Gasteiger partial charge >= 0.3 is 0 Å². The van der Waals surface area contributed by atoms with Gasteiger partial charge in [0.1, 0.15) is 22.6 Å². The zero-order valence-electron chi connectivity index (χ0n) is 16.6. The minimum Gasteiger partial charge on any atom is -0.497 e. The van der Waals surface area contributed by atoms with Crippen LogP contribution < -0.4 is 4.74 Å². The van der Waals surface area contributed by atoms with Crippen molar-refractivity contribution in [3.05, 3.63) is 47.1 Å². The van der Waals surface area contributed by atoms with Crippen molar-refractivity contribution in [2.45, 2.75) is 13.0 Å². The molecule has 9 heteroatoms. The second-order valence-corrected chi connectivity index (χ2v) is 8.60. The molecule has 150 valence electrons. The molecule has 0 bridgehead atoms. The Kier molecular flexibility index (Phi) is 3.87. The molecule has 1 aliphatic rings. The lowest BCUT2D eigenvalue weighted by atomic mass is 10.1. The van der Waals surface area contributed by atoms with E-state index < -0.39 is 0 Å². The van der Waals surface area contributed by atoms with Gasteiger partial charge in [0.25, 0.3) is 0 Å². The van der Waals surface area contributed by atoms with Crippen LogP contribution >= 0.6 is 11.3 Å². The molecule has 0 unspecified atom stereocenters. The maximum atomic E-state index is 5.32. The highest BCUT2D eigenvalue weighted by Crippen LogP contribution is 2.36. The van der Waals surface area contributed by atoms with Crippen molar-refractivity contribution in [1.29, 1.82) is 0 Å². The molecule has 4 aromatic heterocycles. The number of thiophene rings is 1. The Morgan fingerprint density at radius 1 is 1.23 bits per heavy atom. The Balaban J connectivity index is 1.45. The summed E-state index contributed by atoms with van der Waals surface area (Å²) in [5.74, 6) is 1.41. The zero-order valence-corrected chi connectivity index (χ0v) is 17.4. The molecule has 0 saturated carbocycles. The molecule has 0 radical (unpaired) electrons. The molecule has 0 spiro atoms. The van der Waals surface area contributed by atoms with E-state index in [1.807, 2.05) is 30.3 Å². The molecule has 8 nitrogen and oxygen atoms in total. The van der Waals surface area contributed by atoms with Crippen LogP contribution in [0.15, 0.2) is 36.7 Å². The van der Waals surface area contributed by atoms with Crippen LogP contribution in [0, 0.1) is 0 Å². The molecule has 5 aromatic rings. The Morgan fingerprint density at radius 3 is 3.07 bits per heavy atom. The van der Waals surface area contributed by atoms with E-state index in [1.165, 1.54) is 10.4 Å². The molecule has 0 saturated heterocycles. The quantitative estimate of drug-likeness (QED) is 0.484. The largest absolute Gasteiger partial charge is 0.497 e. The Hall–Kier alpha value is -3.30. The SMILES string of the molecule is COc1cccc(-c2cc(-c3nc4c5c6c(sc5ncn4n3)CN(C)CC6)[nH]n2)c1. The van der Waals surface area contributed by atoms with Gasteiger partial charge in [-0.15, -0.1) is 16.4 Å². The summed E-state index contributed by atoms with van der Waals surface area (Å²) in [6.07, 6.45) is 2.76. The van der Waals surface area contributed by atoms with Crippen molar-refractivity contribution in [3.8, 4) is 28.5 Å². The van der Waals surface area contributed by atoms with Crippen molar-refractivity contribution < 1.29 is 4.74 Å². The van der Waals surface area contributed by atoms with E-state index in [9.17, 15) is 0 Å². The fraction of sp³-hybridized carbons (Fsp3) is 0.238. The maximum Gasteiger partial charge on any atom is 0.200 e. The first-order valence-electron chi connectivity index (χ1n) is 9.74. The second-order valence-electron chi connectivity index (χ2n) is 7.52. The van der Waals surface area contributed by atoms with Crippen LogP contribution in [0.1, 0.15) is 10.4 Å². The van der Waals surface area contributed by atoms with Gasteiger partial charge in [0.15, 0.2) is 11.5 Å². The predicted octanol–water partition coefficient (Wildman–Crippen LogP) is 3.39. The molecule has 6 rings (SSSR count). The van der Waals surface area contributed by atoms with E-state index in [1.54, 1.807) is 29.3 Å². The third-order valence-electron chi connectivity index (χ3n) is 5.55. The molecule has 0 atom stereocenters. The minimum absolute atomic E-state index is 0.610. The van der Waals surface area contributed by atoms with Crippen molar-refractivity contribution in [1.82, 2.24) is 34.7 Å². The van der Waals surface area contributed by atoms with E-state index in [0.29, 0.717) is 5.82 Å². The van der Waals surface area contributed by atoms with Gasteiger partial charge in [-0.2, -0.15) is 5.10 Å². The lowest BCUT2D eigenvalue weighted by Gasteiger charge is -2.21. The first-order valence-corrected chi connectivity index (χ1v) is 10.6. The lowest BCUT2D eigenvalue weighted by molar-refractivity contribution is 0.318. The molecular formula is C21H19N7OS. The number of aromatic amines is 1. The number of nitrogens with one attached hydrogen (secondary N) is 1. The number of fused-ring (bicyclic) bond motifs is 5. The normalized spacial score (nSPS) is 14.5. The smallest absolute Gasteiger partial charge is 0.200 e. The number of benzene rings is 1. The number of nitrogens with zero attached hydrogens (tertiary/aromatic N) is 6. The number of hydrogen-bond acceptors (Lipinski definition) is 7. The summed E-state index contributed by atoms with van der Waals surface area (Å²) < 4.78 is 7.09. The molecule has 0 aliphatic carbocycles. The van der Waals surface area contributed by atoms with Crippen LogP contribution in [-0.2, 0) is 13.0 Å². The maximum absolute atomic E-state index is 5.32. The molecular weight excluding hydrogens is 398 g/mol. The molecule has 1 aromatic carbocycles. The molecule has 1 N–H and O–H groups in total. The average molecular weight is 417 g/mol. The fourth-order valence-electron chi connectivity index (χ4n) is 4.00. The highest BCUT2D eigenvalue weighted by Gasteiger charge is 2.23. The number of H-pyrrole nitrogens is 1. The van der Waals surface area contributed by atoms with Crippen LogP contribution in [0.4, 0.5) is 0 Å². The Labute approximate surface area is 176 Å². The van der Waals surface area contributed by atoms with Gasteiger partial charge in [-0.1, -0.05) is 12.1 Å². The molecule has 5 heterocycles. The molecule has 30 heavy (non-hydrogen) atoms. The Bertz CT molecular complexity index is 1400. The van der Waals surface area contributed by atoms with E-state index >= 15 is 0 Å². The van der Waals surface area contributed by atoms with Crippen LogP contribution in [-0.4, -0.2) is 55.4 Å². The van der Waals surface area contributed by atoms with Gasteiger partial charge in [0.05, 0.1) is 18.2 Å². The summed E-state index contributed by atoms with van der Waals surface area (Å²) in [4.78, 5) is 14.3. The number of ether oxygens (including phenoxy) is 1. The summed E-state index contributed by atoms with van der Waals surface area (Å²) in [6.45, 7) is 2.01. The van der Waals surface area contributed by atoms with Gasteiger partial charge in [-0.3, -0.25) is 5.10 Å². The van der Waals surface area contributed by atoms with Gasteiger partial charge < -0.3 is 9.64 Å². The van der Waals surface area contributed by atoms with E-state index in [-0.39, 0.29) is 0 Å². The topological polar surface area (TPSA) is 84.2 Å². The van der Waals surface area contributed by atoms with Crippen LogP contribution in [0.3, 0.4) is 0 Å². The van der Waals surface area contributed by atoms with Gasteiger partial charge in [0, 0.05) is 23.5 Å². The van der Waals surface area contributed by atoms with E-state index in [0.717, 1.165) is 58.1 Å². The molecule has 0 amide bonds. The third kappa shape index (κ3) is 2.70. The van der Waals surface area contributed by atoms with Gasteiger partial charge in [-0.05, 0) is 37.2 Å². The first-order chi connectivity index (χ1) is 14.7. The standard InChI is InChI=1S/C21H19N7OS/c1-27-7-6-14-17(10-27)30-21-18(14)20-23-19(26-28(20)11-22-21)16-9-15(24-25-16)12-4-3-5-13(8-12)29-2/h3-5,8-9,11H,6-7,10H2,1-2H3,(H,24,25). The van der Waals surface area contributed by atoms with Gasteiger partial charge in [0.2, 0.25) is 0 Å². The number of methoxy groups -OCH3 is 1. The number of rotatable bonds is 3. The van der Waals surface area contributed by atoms with Crippen molar-refractivity contribution >= 4 is 27.2 Å². The predicted molar refractivity (Wildman–Crippen MR) is 116 cm³/mol. The highest BCUT2D eigenvalue weighted by atomic mass is 32.1. The van der Waals surface area contributed by atoms with Crippen molar-refractivity contribution in [3.63, 3.8) is 0 Å². The van der Waals surface area contributed by atoms with Crippen LogP contribution in [0.25, 0.3) is 38.6 Å². The average Bonchev–Trinajstić information content (AvgIpc) is 3.48. The van der Waals surface area contributed by atoms with Crippen LogP contribution in [0.2, 0.25) is 0 Å². The monoisotopic (exact) mass is 417 g/mol. The number of aromatic nitrogens is 6. The second kappa shape index (κ2) is 6.61. The minimum atomic E-state index is 0.610. The molecule has 0 fully saturated rings. The summed E-state index contributed by atoms with van der Waals surface area (Å²) in [7, 11) is 3.81. The summed E-state index contributed by atoms with van der Waals surface area (Å²) >= 11 is 1.76.